The van der Waals surface area contributed by atoms with Crippen molar-refractivity contribution in [3.8, 4) is 5.75 Å². The summed E-state index contributed by atoms with van der Waals surface area (Å²) in [5, 5.41) is 0. The summed E-state index contributed by atoms with van der Waals surface area (Å²) in [6, 6.07) is 8.15. The molecule has 25 heavy (non-hydrogen) atoms. The van der Waals surface area contributed by atoms with E-state index in [1.807, 2.05) is 0 Å². The molecule has 0 N–H and O–H groups in total. The summed E-state index contributed by atoms with van der Waals surface area (Å²) < 4.78 is 44.8. The first-order chi connectivity index (χ1) is 11.9. The summed E-state index contributed by atoms with van der Waals surface area (Å²) in [7, 11) is 1.52. The monoisotopic (exact) mass is 348 g/mol. The maximum atomic E-state index is 12.6. The minimum atomic E-state index is -4.38. The van der Waals surface area contributed by atoms with E-state index in [1.54, 1.807) is 28.9 Å². The fourth-order valence-electron chi connectivity index (χ4n) is 2.68. The number of ketones is 1. The van der Waals surface area contributed by atoms with Crippen molar-refractivity contribution in [1.29, 1.82) is 0 Å². The van der Waals surface area contributed by atoms with Gasteiger partial charge in [-0.05, 0) is 29.8 Å². The van der Waals surface area contributed by atoms with Crippen LogP contribution in [0.5, 0.6) is 5.75 Å². The first-order valence-corrected chi connectivity index (χ1v) is 7.55. The molecule has 4 nitrogen and oxygen atoms in total. The number of benzene rings is 1. The van der Waals surface area contributed by atoms with Crippen LogP contribution >= 0.6 is 0 Å². The Bertz CT molecular complexity index is 899. The number of aromatic nitrogens is 2. The van der Waals surface area contributed by atoms with Gasteiger partial charge in [0.2, 0.25) is 0 Å². The van der Waals surface area contributed by atoms with Crippen molar-refractivity contribution in [2.45, 2.75) is 19.0 Å². The number of ether oxygens (including phenoxy) is 1. The number of alkyl halides is 3. The van der Waals surface area contributed by atoms with Crippen LogP contribution in [-0.4, -0.2) is 22.3 Å². The van der Waals surface area contributed by atoms with E-state index in [1.165, 1.54) is 19.2 Å². The molecule has 0 aliphatic carbocycles. The summed E-state index contributed by atoms with van der Waals surface area (Å²) in [5.41, 5.74) is 1.16. The van der Waals surface area contributed by atoms with E-state index >= 15 is 0 Å². The summed E-state index contributed by atoms with van der Waals surface area (Å²) >= 11 is 0. The Kier molecular flexibility index (Phi) is 4.48. The highest BCUT2D eigenvalue weighted by molar-refractivity contribution is 5.83. The molecule has 2 aromatic heterocycles. The second-order valence-corrected chi connectivity index (χ2v) is 5.59. The van der Waals surface area contributed by atoms with Crippen LogP contribution in [0.25, 0.3) is 5.65 Å². The smallest absolute Gasteiger partial charge is 0.416 e. The van der Waals surface area contributed by atoms with Crippen LogP contribution in [0.15, 0.2) is 48.8 Å². The molecule has 0 saturated heterocycles. The molecule has 2 heterocycles. The first kappa shape index (κ1) is 17.0. The quantitative estimate of drug-likeness (QED) is 0.706. The van der Waals surface area contributed by atoms with Gasteiger partial charge in [0.15, 0.2) is 0 Å². The van der Waals surface area contributed by atoms with E-state index in [2.05, 4.69) is 4.98 Å². The maximum absolute atomic E-state index is 12.6. The van der Waals surface area contributed by atoms with Gasteiger partial charge in [-0.1, -0.05) is 12.1 Å². The molecular weight excluding hydrogens is 333 g/mol. The lowest BCUT2D eigenvalue weighted by Crippen LogP contribution is -2.11. The average molecular weight is 348 g/mol. The topological polar surface area (TPSA) is 43.6 Å². The summed E-state index contributed by atoms with van der Waals surface area (Å²) in [6.45, 7) is 0. The fourth-order valence-corrected chi connectivity index (χ4v) is 2.68. The van der Waals surface area contributed by atoms with Gasteiger partial charge >= 0.3 is 6.18 Å². The van der Waals surface area contributed by atoms with Crippen molar-refractivity contribution in [2.24, 2.45) is 0 Å². The van der Waals surface area contributed by atoms with Crippen LogP contribution < -0.4 is 4.74 Å². The van der Waals surface area contributed by atoms with Crippen molar-refractivity contribution < 1.29 is 22.7 Å². The Labute approximate surface area is 141 Å². The third kappa shape index (κ3) is 3.65. The third-order valence-corrected chi connectivity index (χ3v) is 3.90. The van der Waals surface area contributed by atoms with Crippen LogP contribution in [0.2, 0.25) is 0 Å². The van der Waals surface area contributed by atoms with Gasteiger partial charge in [0.1, 0.15) is 17.2 Å². The normalized spacial score (nSPS) is 11.7. The Morgan fingerprint density at radius 2 is 1.84 bits per heavy atom. The average Bonchev–Trinajstić information content (AvgIpc) is 3.04. The molecule has 0 aliphatic heterocycles. The zero-order chi connectivity index (χ0) is 18.0. The Morgan fingerprint density at radius 1 is 1.12 bits per heavy atom. The fraction of sp³-hybridized carbons (Fsp3) is 0.222. The van der Waals surface area contributed by atoms with Gasteiger partial charge in [-0.15, -0.1) is 0 Å². The third-order valence-electron chi connectivity index (χ3n) is 3.90. The number of Topliss-reactive ketones (excluding diaryl/α,β-unsaturated/α-hetero) is 1. The molecule has 0 unspecified atom stereocenters. The highest BCUT2D eigenvalue weighted by atomic mass is 19.4. The van der Waals surface area contributed by atoms with E-state index in [0.717, 1.165) is 12.1 Å². The van der Waals surface area contributed by atoms with Crippen molar-refractivity contribution in [1.82, 2.24) is 9.38 Å². The number of rotatable bonds is 5. The van der Waals surface area contributed by atoms with Crippen molar-refractivity contribution in [2.75, 3.05) is 7.11 Å². The van der Waals surface area contributed by atoms with E-state index in [9.17, 15) is 18.0 Å². The number of imidazole rings is 1. The van der Waals surface area contributed by atoms with E-state index in [0.29, 0.717) is 22.7 Å². The van der Waals surface area contributed by atoms with Gasteiger partial charge < -0.3 is 4.74 Å². The minimum absolute atomic E-state index is 0.0480. The van der Waals surface area contributed by atoms with Gasteiger partial charge in [0.25, 0.3) is 0 Å². The SMILES string of the molecule is COc1ccc2nccn2c1CC(=O)Cc1ccc(C(F)(F)F)cc1. The molecule has 1 aromatic carbocycles. The van der Waals surface area contributed by atoms with Crippen LogP contribution in [0, 0.1) is 0 Å². The van der Waals surface area contributed by atoms with Crippen LogP contribution in [0.1, 0.15) is 16.8 Å². The van der Waals surface area contributed by atoms with Gasteiger partial charge in [-0.25, -0.2) is 4.98 Å². The highest BCUT2D eigenvalue weighted by Gasteiger charge is 2.30. The molecule has 0 saturated carbocycles. The number of methoxy groups -OCH3 is 1. The summed E-state index contributed by atoms with van der Waals surface area (Å²) in [4.78, 5) is 16.6. The van der Waals surface area contributed by atoms with Crippen LogP contribution in [0.4, 0.5) is 13.2 Å². The lowest BCUT2D eigenvalue weighted by molar-refractivity contribution is -0.137. The van der Waals surface area contributed by atoms with Gasteiger partial charge in [-0.2, -0.15) is 13.2 Å². The van der Waals surface area contributed by atoms with E-state index in [-0.39, 0.29) is 18.6 Å². The number of hydrogen-bond donors (Lipinski definition) is 0. The number of halogens is 3. The predicted octanol–water partition coefficient (Wildman–Crippen LogP) is 3.72. The summed E-state index contributed by atoms with van der Waals surface area (Å²) in [6.07, 6.45) is -0.881. The summed E-state index contributed by atoms with van der Waals surface area (Å²) in [5.74, 6) is 0.436. The molecule has 7 heteroatoms. The van der Waals surface area contributed by atoms with Gasteiger partial charge in [0, 0.05) is 18.8 Å². The number of carbonyl (C=O) groups is 1. The number of carbonyl (C=O) groups excluding carboxylic acids is 1. The molecule has 3 rings (SSSR count). The molecule has 0 fully saturated rings. The Morgan fingerprint density at radius 3 is 2.48 bits per heavy atom. The Balaban J connectivity index is 1.78. The number of fused-ring (bicyclic) bond motifs is 1. The number of hydrogen-bond acceptors (Lipinski definition) is 3. The van der Waals surface area contributed by atoms with Crippen LogP contribution in [-0.2, 0) is 23.8 Å². The zero-order valence-corrected chi connectivity index (χ0v) is 13.4. The van der Waals surface area contributed by atoms with Gasteiger partial charge in [-0.3, -0.25) is 9.20 Å². The largest absolute Gasteiger partial charge is 0.495 e. The molecule has 0 spiro atoms. The standard InChI is InChI=1S/C18H15F3N2O2/c1-25-16-6-7-17-22-8-9-23(17)15(16)11-14(24)10-12-2-4-13(5-3-12)18(19,20)21/h2-9H,10-11H2,1H3. The molecule has 0 atom stereocenters. The number of nitrogens with zero attached hydrogens (tertiary/aromatic N) is 2. The van der Waals surface area contributed by atoms with Crippen molar-refractivity contribution in [3.05, 3.63) is 65.6 Å². The molecular formula is C18H15F3N2O2. The zero-order valence-electron chi connectivity index (χ0n) is 13.4. The van der Waals surface area contributed by atoms with E-state index < -0.39 is 11.7 Å². The molecule has 0 radical (unpaired) electrons. The van der Waals surface area contributed by atoms with Crippen molar-refractivity contribution >= 4 is 11.4 Å². The first-order valence-electron chi connectivity index (χ1n) is 7.55. The minimum Gasteiger partial charge on any atom is -0.495 e. The van der Waals surface area contributed by atoms with Gasteiger partial charge in [0.05, 0.1) is 24.8 Å². The number of pyridine rings is 1. The van der Waals surface area contributed by atoms with E-state index in [4.69, 9.17) is 4.74 Å². The molecule has 3 aromatic rings. The second kappa shape index (κ2) is 6.58. The lowest BCUT2D eigenvalue weighted by Gasteiger charge is -2.11. The Hall–Kier alpha value is -2.83. The molecule has 0 aliphatic rings. The molecule has 0 amide bonds. The lowest BCUT2D eigenvalue weighted by atomic mass is 10.0. The highest BCUT2D eigenvalue weighted by Crippen LogP contribution is 2.29. The second-order valence-electron chi connectivity index (χ2n) is 5.59. The predicted molar refractivity (Wildman–Crippen MR) is 85.6 cm³/mol. The molecule has 0 bridgehead atoms. The van der Waals surface area contributed by atoms with Crippen LogP contribution in [0.3, 0.4) is 0 Å². The van der Waals surface area contributed by atoms with Crippen molar-refractivity contribution in [3.63, 3.8) is 0 Å². The molecule has 130 valence electrons. The maximum Gasteiger partial charge on any atom is 0.416 e.